The number of hydrogen-bond acceptors (Lipinski definition) is 6. The molecule has 0 saturated heterocycles. The normalized spacial score (nSPS) is 12.5. The topological polar surface area (TPSA) is 94.3 Å². The van der Waals surface area contributed by atoms with Crippen LogP contribution in [0.15, 0.2) is 121 Å². The largest absolute Gasteiger partial charge is 0.494 e. The van der Waals surface area contributed by atoms with Crippen LogP contribution in [0.4, 0.5) is 0 Å². The molecule has 2 aliphatic heterocycles. The number of nitrogens with one attached hydrogen (secondary N) is 2. The molecule has 9 rings (SSSR count). The second-order valence-corrected chi connectivity index (χ2v) is 27.0. The minimum Gasteiger partial charge on any atom is -0.494 e. The van der Waals surface area contributed by atoms with Gasteiger partial charge in [-0.2, -0.15) is 0 Å². The molecular formula is C76H100N7O4+3. The molecule has 11 nitrogen and oxygen atoms in total. The number of H-pyrrole nitrogens is 2. The molecule has 0 radical (unpaired) electrons. The molecule has 0 atom stereocenters. The number of rotatable bonds is 33. The molecule has 0 saturated carbocycles. The first-order valence-electron chi connectivity index (χ1n) is 32.5. The molecular weight excluding hydrogens is 1070 g/mol. The van der Waals surface area contributed by atoms with E-state index in [0.717, 1.165) is 190 Å². The fourth-order valence-electron chi connectivity index (χ4n) is 11.5. The van der Waals surface area contributed by atoms with Gasteiger partial charge in [0, 0.05) is 44.3 Å². The number of aromatic nitrogens is 4. The van der Waals surface area contributed by atoms with E-state index < -0.39 is 0 Å². The zero-order valence-corrected chi connectivity index (χ0v) is 54.3. The van der Waals surface area contributed by atoms with Crippen LogP contribution in [0, 0.1) is 0 Å². The first-order chi connectivity index (χ1) is 42.0. The lowest BCUT2D eigenvalue weighted by Crippen LogP contribution is -2.35. The summed E-state index contributed by atoms with van der Waals surface area (Å²) >= 11 is 0. The van der Waals surface area contributed by atoms with E-state index in [2.05, 4.69) is 226 Å². The molecule has 0 fully saturated rings. The third-order valence-electron chi connectivity index (χ3n) is 16.3. The lowest BCUT2D eigenvalue weighted by molar-refractivity contribution is -0.870. The Morgan fingerprint density at radius 1 is 0.287 bits per heavy atom. The molecule has 4 aromatic carbocycles. The van der Waals surface area contributed by atoms with E-state index in [0.29, 0.717) is 26.4 Å². The average Bonchev–Trinajstić information content (AvgIpc) is 1.95. The Morgan fingerprint density at radius 3 is 0.851 bits per heavy atom. The highest BCUT2D eigenvalue weighted by Crippen LogP contribution is 2.40. The second-order valence-electron chi connectivity index (χ2n) is 27.0. The van der Waals surface area contributed by atoms with Crippen molar-refractivity contribution >= 4 is 46.4 Å². The van der Waals surface area contributed by atoms with Crippen molar-refractivity contribution in [1.82, 2.24) is 19.9 Å². The first-order valence-corrected chi connectivity index (χ1v) is 32.5. The zero-order chi connectivity index (χ0) is 61.2. The monoisotopic (exact) mass is 1170 g/mol. The van der Waals surface area contributed by atoms with Crippen molar-refractivity contribution in [2.24, 2.45) is 0 Å². The molecule has 0 aliphatic carbocycles. The van der Waals surface area contributed by atoms with Gasteiger partial charge in [-0.05, 0) is 164 Å². The Labute approximate surface area is 520 Å². The Bertz CT molecular complexity index is 3370. The third kappa shape index (κ3) is 19.0. The molecule has 0 spiro atoms. The predicted molar refractivity (Wildman–Crippen MR) is 366 cm³/mol. The van der Waals surface area contributed by atoms with E-state index in [9.17, 15) is 0 Å². The van der Waals surface area contributed by atoms with Crippen molar-refractivity contribution < 1.29 is 32.4 Å². The van der Waals surface area contributed by atoms with Crippen molar-refractivity contribution in [1.29, 1.82) is 0 Å². The number of fused-ring (bicyclic) bond motifs is 8. The van der Waals surface area contributed by atoms with Crippen molar-refractivity contribution in [3.8, 4) is 67.5 Å². The summed E-state index contributed by atoms with van der Waals surface area (Å²) in [6.07, 6.45) is 26.4. The fourth-order valence-corrected chi connectivity index (χ4v) is 11.5. The van der Waals surface area contributed by atoms with Crippen LogP contribution < -0.4 is 18.9 Å². The quantitative estimate of drug-likeness (QED) is 0.0314. The Hall–Kier alpha value is -7.44. The summed E-state index contributed by atoms with van der Waals surface area (Å²) in [5, 5.41) is 0. The molecule has 87 heavy (non-hydrogen) atoms. The zero-order valence-electron chi connectivity index (χ0n) is 54.3. The highest BCUT2D eigenvalue weighted by atomic mass is 16.5. The summed E-state index contributed by atoms with van der Waals surface area (Å²) < 4.78 is 28.2. The van der Waals surface area contributed by atoms with Gasteiger partial charge in [0.2, 0.25) is 0 Å². The molecule has 8 bridgehead atoms. The number of hydrogen-bond donors (Lipinski definition) is 2. The van der Waals surface area contributed by atoms with Crippen LogP contribution >= 0.6 is 0 Å². The maximum absolute atomic E-state index is 6.37. The Kier molecular flexibility index (Phi) is 22.4. The van der Waals surface area contributed by atoms with E-state index in [1.54, 1.807) is 0 Å². The number of ether oxygens (including phenoxy) is 4. The number of aromatic amines is 2. The van der Waals surface area contributed by atoms with Crippen LogP contribution in [0.1, 0.15) is 126 Å². The van der Waals surface area contributed by atoms with Crippen LogP contribution in [-0.4, -0.2) is 143 Å². The van der Waals surface area contributed by atoms with Gasteiger partial charge in [-0.1, -0.05) is 107 Å². The van der Waals surface area contributed by atoms with Crippen molar-refractivity contribution in [3.63, 3.8) is 0 Å². The van der Waals surface area contributed by atoms with Crippen LogP contribution in [-0.2, 0) is 0 Å². The van der Waals surface area contributed by atoms with Gasteiger partial charge < -0.3 is 42.4 Å². The van der Waals surface area contributed by atoms with Gasteiger partial charge in [-0.3, -0.25) is 0 Å². The third-order valence-corrected chi connectivity index (χ3v) is 16.3. The van der Waals surface area contributed by atoms with Gasteiger partial charge in [0.25, 0.3) is 0 Å². The second kappa shape index (κ2) is 30.5. The smallest absolute Gasteiger partial charge is 0.119 e. The number of unbranched alkanes of at least 4 members (excludes halogenated alkanes) is 11. The minimum absolute atomic E-state index is 0.674. The minimum atomic E-state index is 0.674. The maximum Gasteiger partial charge on any atom is 0.119 e. The molecule has 0 amide bonds. The summed E-state index contributed by atoms with van der Waals surface area (Å²) in [6.45, 7) is 8.34. The number of nitrogens with zero attached hydrogens (tertiary/aromatic N) is 5. The fraction of sp³-hybridized carbons (Fsp3) is 0.421. The summed E-state index contributed by atoms with van der Waals surface area (Å²) in [5.74, 6) is 3.43. The van der Waals surface area contributed by atoms with Crippen molar-refractivity contribution in [3.05, 3.63) is 144 Å². The first kappa shape index (κ1) is 64.0. The standard InChI is InChI=1S/C76H100N7O4/c1-11-12-13-14-15-16-17-18-22-53-84-61-34-26-57(27-35-61)73-65-42-44-67(77-65)74(58-28-36-62(37-29-58)85-54-23-19-50-81(2,3)4)69-46-48-71(79-69)76(60-32-40-64(41-33-60)87-56-25-21-52-83(8,9)10)72-49-47-70(80-72)75(68-45-43-66(73)78-68)59-30-38-63(39-31-59)86-55-24-20-51-82(5,6)7/h26-49,79-80H,11-25,50-56H2,1-10H3/q+3. The average molecular weight is 1180 g/mol. The van der Waals surface area contributed by atoms with Crippen LogP contribution in [0.2, 0.25) is 0 Å². The maximum atomic E-state index is 6.37. The van der Waals surface area contributed by atoms with E-state index in [1.807, 2.05) is 0 Å². The van der Waals surface area contributed by atoms with Crippen LogP contribution in [0.5, 0.6) is 23.0 Å². The summed E-state index contributed by atoms with van der Waals surface area (Å²) in [5.41, 5.74) is 15.2. The number of benzene rings is 4. The number of quaternary nitrogens is 3. The van der Waals surface area contributed by atoms with Gasteiger partial charge in [0.1, 0.15) is 23.0 Å². The van der Waals surface area contributed by atoms with Crippen LogP contribution in [0.3, 0.4) is 0 Å². The van der Waals surface area contributed by atoms with E-state index in [-0.39, 0.29) is 0 Å². The molecule has 3 aromatic heterocycles. The van der Waals surface area contributed by atoms with Gasteiger partial charge in [-0.15, -0.1) is 0 Å². The SMILES string of the molecule is CCCCCCCCCCCOc1ccc(-c2c3nc(c(-c4ccc(OCCCC[N+](C)(C)C)cc4)c4ccc([nH]4)c(-c4ccc(OCCCC[N+](C)(C)C)cc4)c4ccc([nH]4)c(-c4ccc(OCCCC[N+](C)(C)C)cc4)c4nc2C=C4)C=C3)cc1. The van der Waals surface area contributed by atoms with Crippen molar-refractivity contribution in [2.45, 2.75) is 103 Å². The molecule has 2 N–H and O–H groups in total. The van der Waals surface area contributed by atoms with Gasteiger partial charge in [0.05, 0.1) is 132 Å². The van der Waals surface area contributed by atoms with Gasteiger partial charge in [-0.25, -0.2) is 9.97 Å². The van der Waals surface area contributed by atoms with E-state index in [1.165, 1.54) is 51.4 Å². The Balaban J connectivity index is 1.15. The summed E-state index contributed by atoms with van der Waals surface area (Å²) in [4.78, 5) is 19.1. The molecule has 7 aromatic rings. The summed E-state index contributed by atoms with van der Waals surface area (Å²) in [7, 11) is 20.1. The van der Waals surface area contributed by atoms with Gasteiger partial charge >= 0.3 is 0 Å². The van der Waals surface area contributed by atoms with Gasteiger partial charge in [0.15, 0.2) is 0 Å². The van der Waals surface area contributed by atoms with Crippen molar-refractivity contribution in [2.75, 3.05) is 109 Å². The highest BCUT2D eigenvalue weighted by molar-refractivity contribution is 6.00. The lowest BCUT2D eigenvalue weighted by atomic mass is 10.0. The highest BCUT2D eigenvalue weighted by Gasteiger charge is 2.21. The summed E-state index contributed by atoms with van der Waals surface area (Å²) in [6, 6.07) is 42.9. The molecule has 11 heteroatoms. The molecule has 2 aliphatic rings. The predicted octanol–water partition coefficient (Wildman–Crippen LogP) is 17.8. The molecule has 0 unspecified atom stereocenters. The lowest BCUT2D eigenvalue weighted by Gasteiger charge is -2.23. The van der Waals surface area contributed by atoms with Crippen LogP contribution in [0.25, 0.3) is 90.9 Å². The molecule has 460 valence electrons. The van der Waals surface area contributed by atoms with E-state index in [4.69, 9.17) is 28.9 Å². The van der Waals surface area contributed by atoms with E-state index >= 15 is 0 Å². The molecule has 5 heterocycles. The Morgan fingerprint density at radius 2 is 0.540 bits per heavy atom.